The van der Waals surface area contributed by atoms with Crippen molar-refractivity contribution in [2.24, 2.45) is 16.6 Å². The summed E-state index contributed by atoms with van der Waals surface area (Å²) in [6.45, 7) is 13.9. The van der Waals surface area contributed by atoms with Gasteiger partial charge in [0, 0.05) is 23.0 Å². The molecule has 0 saturated heterocycles. The lowest BCUT2D eigenvalue weighted by Crippen LogP contribution is -2.23. The first-order chi connectivity index (χ1) is 14.2. The Morgan fingerprint density at radius 1 is 1.23 bits per heavy atom. The first kappa shape index (κ1) is 27.1. The molecule has 6 nitrogen and oxygen atoms in total. The first-order valence-electron chi connectivity index (χ1n) is 10.6. The first-order valence-corrected chi connectivity index (χ1v) is 10.6. The summed E-state index contributed by atoms with van der Waals surface area (Å²) in [5.41, 5.74) is 17.9. The topological polar surface area (TPSA) is 126 Å². The van der Waals surface area contributed by atoms with Crippen LogP contribution in [0.4, 0.5) is 11.4 Å². The normalized spacial score (nSPS) is 15.8. The van der Waals surface area contributed by atoms with Crippen molar-refractivity contribution < 1.29 is 9.90 Å². The average molecular weight is 415 g/mol. The number of benzene rings is 1. The molecule has 0 bridgehead atoms. The zero-order valence-electron chi connectivity index (χ0n) is 19.5. The minimum Gasteiger partial charge on any atom is -0.481 e. The summed E-state index contributed by atoms with van der Waals surface area (Å²) in [5, 5.41) is 16.7. The molecule has 6 N–H and O–H groups in total. The van der Waals surface area contributed by atoms with E-state index in [1.807, 2.05) is 48.5 Å². The lowest BCUT2D eigenvalue weighted by Gasteiger charge is -2.25. The van der Waals surface area contributed by atoms with Crippen molar-refractivity contribution in [2.45, 2.75) is 67.7 Å². The summed E-state index contributed by atoms with van der Waals surface area (Å²) >= 11 is 0. The third-order valence-electron chi connectivity index (χ3n) is 4.69. The molecule has 1 unspecified atom stereocenters. The van der Waals surface area contributed by atoms with Gasteiger partial charge in [0.05, 0.1) is 11.6 Å². The van der Waals surface area contributed by atoms with Crippen molar-refractivity contribution >= 4 is 29.4 Å². The molecule has 166 valence electrons. The standard InChI is InChI=1S/C20H26N4O2.2C2H6/c1-11(2)18(16-6-4-13(20(25)26)8-12(16)3)19(23)24-15-5-7-17(22)14(9-15)10-21;2*1-2/h5,7,9-10,13,21H,4,6,8,22H2,1-3H3,(H2,23,24)(H,25,26);2*1-2H3. The number of aliphatic carboxylic acids is 1. The number of carboxylic acids is 1. The Balaban J connectivity index is 0.00000198. The van der Waals surface area contributed by atoms with Gasteiger partial charge in [-0.05, 0) is 63.8 Å². The maximum Gasteiger partial charge on any atom is 0.306 e. The smallest absolute Gasteiger partial charge is 0.306 e. The number of nitrogen functional groups attached to an aromatic ring is 1. The fourth-order valence-electron chi connectivity index (χ4n) is 3.34. The van der Waals surface area contributed by atoms with Crippen molar-refractivity contribution in [1.82, 2.24) is 0 Å². The van der Waals surface area contributed by atoms with Gasteiger partial charge in [-0.15, -0.1) is 0 Å². The summed E-state index contributed by atoms with van der Waals surface area (Å²) < 4.78 is 0. The van der Waals surface area contributed by atoms with Crippen LogP contribution in [0.3, 0.4) is 0 Å². The number of anilines is 1. The Hall–Kier alpha value is -2.89. The molecule has 1 aromatic rings. The van der Waals surface area contributed by atoms with Gasteiger partial charge in [-0.3, -0.25) is 4.79 Å². The Morgan fingerprint density at radius 2 is 1.83 bits per heavy atom. The van der Waals surface area contributed by atoms with E-state index in [2.05, 4.69) is 4.99 Å². The van der Waals surface area contributed by atoms with E-state index in [4.69, 9.17) is 16.9 Å². The van der Waals surface area contributed by atoms with Crippen molar-refractivity contribution in [3.63, 3.8) is 0 Å². The van der Waals surface area contributed by atoms with Gasteiger partial charge in [0.1, 0.15) is 5.84 Å². The van der Waals surface area contributed by atoms with E-state index in [0.717, 1.165) is 22.3 Å². The molecular weight excluding hydrogens is 376 g/mol. The zero-order valence-corrected chi connectivity index (χ0v) is 19.5. The van der Waals surface area contributed by atoms with Crippen molar-refractivity contribution in [3.05, 3.63) is 46.1 Å². The summed E-state index contributed by atoms with van der Waals surface area (Å²) in [4.78, 5) is 15.8. The Labute approximate surface area is 181 Å². The molecule has 0 fully saturated rings. The molecule has 0 amide bonds. The molecule has 2 rings (SSSR count). The molecule has 0 saturated carbocycles. The van der Waals surface area contributed by atoms with E-state index in [1.54, 1.807) is 18.2 Å². The summed E-state index contributed by atoms with van der Waals surface area (Å²) in [6, 6.07) is 5.19. The van der Waals surface area contributed by atoms with Crippen LogP contribution >= 0.6 is 0 Å². The van der Waals surface area contributed by atoms with Crippen LogP contribution in [-0.2, 0) is 4.79 Å². The maximum atomic E-state index is 11.3. The largest absolute Gasteiger partial charge is 0.481 e. The third kappa shape index (κ3) is 7.17. The molecule has 30 heavy (non-hydrogen) atoms. The number of hydrogen-bond donors (Lipinski definition) is 4. The molecule has 1 aromatic carbocycles. The molecule has 0 aliphatic heterocycles. The van der Waals surface area contributed by atoms with Gasteiger partial charge in [0.15, 0.2) is 0 Å². The highest BCUT2D eigenvalue weighted by molar-refractivity contribution is 6.03. The van der Waals surface area contributed by atoms with Gasteiger partial charge in [-0.1, -0.05) is 38.8 Å². The second kappa shape index (κ2) is 13.4. The lowest BCUT2D eigenvalue weighted by atomic mass is 9.80. The summed E-state index contributed by atoms with van der Waals surface area (Å²) in [6.07, 6.45) is 3.00. The Kier molecular flexibility index (Phi) is 12.1. The van der Waals surface area contributed by atoms with Crippen LogP contribution in [-0.4, -0.2) is 23.1 Å². The highest BCUT2D eigenvalue weighted by atomic mass is 16.4. The van der Waals surface area contributed by atoms with Crippen LogP contribution < -0.4 is 11.5 Å². The van der Waals surface area contributed by atoms with Gasteiger partial charge in [0.2, 0.25) is 0 Å². The zero-order chi connectivity index (χ0) is 23.4. The number of carboxylic acid groups (broad SMARTS) is 1. The number of amidine groups is 1. The minimum atomic E-state index is -0.746. The summed E-state index contributed by atoms with van der Waals surface area (Å²) in [5.74, 6) is -0.679. The maximum absolute atomic E-state index is 11.3. The number of nitrogens with zero attached hydrogens (tertiary/aromatic N) is 1. The predicted octanol–water partition coefficient (Wildman–Crippen LogP) is 5.85. The number of allylic oxidation sites excluding steroid dienone is 2. The molecular formula is C24H38N4O2. The number of nitrogens with two attached hydrogens (primary N) is 2. The number of hydrogen-bond acceptors (Lipinski definition) is 4. The van der Waals surface area contributed by atoms with E-state index in [-0.39, 0.29) is 5.92 Å². The van der Waals surface area contributed by atoms with Crippen LogP contribution in [0.15, 0.2) is 45.5 Å². The average Bonchev–Trinajstić information content (AvgIpc) is 2.73. The second-order valence-electron chi connectivity index (χ2n) is 6.87. The molecule has 0 aromatic heterocycles. The summed E-state index contributed by atoms with van der Waals surface area (Å²) in [7, 11) is 0. The fourth-order valence-corrected chi connectivity index (χ4v) is 3.34. The van der Waals surface area contributed by atoms with Gasteiger partial charge in [0.25, 0.3) is 0 Å². The van der Waals surface area contributed by atoms with Gasteiger partial charge in [-0.25, -0.2) is 4.99 Å². The van der Waals surface area contributed by atoms with E-state index in [0.29, 0.717) is 42.0 Å². The van der Waals surface area contributed by atoms with E-state index >= 15 is 0 Å². The minimum absolute atomic E-state index is 0.331. The molecule has 6 heteroatoms. The van der Waals surface area contributed by atoms with Crippen LogP contribution in [0, 0.1) is 11.3 Å². The quantitative estimate of drug-likeness (QED) is 0.274. The molecule has 1 atom stereocenters. The highest BCUT2D eigenvalue weighted by Crippen LogP contribution is 2.35. The highest BCUT2D eigenvalue weighted by Gasteiger charge is 2.26. The molecule has 0 spiro atoms. The molecule has 0 radical (unpaired) electrons. The molecule has 1 aliphatic carbocycles. The number of aliphatic imine (C=N–C) groups is 1. The SMILES string of the molecule is CC.CC.CC(C)=C(C(N)=Nc1ccc(N)c(C=N)c1)C1=C(C)CC(C(=O)O)CC1. The van der Waals surface area contributed by atoms with Crippen LogP contribution in [0.1, 0.15) is 73.3 Å². The van der Waals surface area contributed by atoms with Crippen molar-refractivity contribution in [1.29, 1.82) is 5.41 Å². The predicted molar refractivity (Wildman–Crippen MR) is 129 cm³/mol. The van der Waals surface area contributed by atoms with Gasteiger partial charge in [-0.2, -0.15) is 0 Å². The van der Waals surface area contributed by atoms with Crippen molar-refractivity contribution in [3.8, 4) is 0 Å². The Morgan fingerprint density at radius 3 is 2.30 bits per heavy atom. The second-order valence-corrected chi connectivity index (χ2v) is 6.87. The fraction of sp³-hybridized carbons (Fsp3) is 0.458. The van der Waals surface area contributed by atoms with E-state index in [1.165, 1.54) is 6.21 Å². The third-order valence-corrected chi connectivity index (χ3v) is 4.69. The molecule has 0 heterocycles. The monoisotopic (exact) mass is 414 g/mol. The number of carbonyl (C=O) groups is 1. The lowest BCUT2D eigenvalue weighted by molar-refractivity contribution is -0.142. The molecule has 1 aliphatic rings. The van der Waals surface area contributed by atoms with Crippen LogP contribution in [0.25, 0.3) is 0 Å². The number of rotatable bonds is 5. The van der Waals surface area contributed by atoms with E-state index < -0.39 is 5.97 Å². The van der Waals surface area contributed by atoms with Gasteiger partial charge < -0.3 is 22.0 Å². The Bertz CT molecular complexity index is 832. The van der Waals surface area contributed by atoms with Crippen LogP contribution in [0.2, 0.25) is 0 Å². The number of nitrogens with one attached hydrogen (secondary N) is 1. The van der Waals surface area contributed by atoms with Gasteiger partial charge >= 0.3 is 5.97 Å². The van der Waals surface area contributed by atoms with Crippen molar-refractivity contribution in [2.75, 3.05) is 5.73 Å². The van der Waals surface area contributed by atoms with Crippen LogP contribution in [0.5, 0.6) is 0 Å². The van der Waals surface area contributed by atoms with E-state index in [9.17, 15) is 9.90 Å².